The zero-order chi connectivity index (χ0) is 15.4. The normalized spacial score (nSPS) is 21.7. The van der Waals surface area contributed by atoms with Crippen LogP contribution in [0.25, 0.3) is 0 Å². The minimum absolute atomic E-state index is 0.152. The molecule has 5 nitrogen and oxygen atoms in total. The molecule has 0 bridgehead atoms. The number of likely N-dealkylation sites (N-methyl/N-ethyl adjacent to an activating group) is 1. The molecule has 0 saturated heterocycles. The van der Waals surface area contributed by atoms with Crippen molar-refractivity contribution in [1.29, 1.82) is 0 Å². The molecule has 1 saturated carbocycles. The van der Waals surface area contributed by atoms with Crippen molar-refractivity contribution in [1.82, 2.24) is 4.90 Å². The second kappa shape index (κ2) is 6.80. The molecule has 21 heavy (non-hydrogen) atoms. The van der Waals surface area contributed by atoms with Crippen molar-refractivity contribution in [3.05, 3.63) is 23.8 Å². The van der Waals surface area contributed by atoms with Gasteiger partial charge in [0.1, 0.15) is 17.1 Å². The zero-order valence-corrected chi connectivity index (χ0v) is 12.8. The van der Waals surface area contributed by atoms with Gasteiger partial charge in [-0.3, -0.25) is 4.79 Å². The number of aliphatic hydroxyl groups excluding tert-OH is 1. The van der Waals surface area contributed by atoms with Gasteiger partial charge in [0.05, 0.1) is 26.4 Å². The number of ether oxygens (including phenoxy) is 2. The molecule has 2 atom stereocenters. The van der Waals surface area contributed by atoms with Crippen molar-refractivity contribution in [3.8, 4) is 11.5 Å². The van der Waals surface area contributed by atoms with Crippen LogP contribution in [0.3, 0.4) is 0 Å². The Bertz CT molecular complexity index is 481. The first-order valence-corrected chi connectivity index (χ1v) is 7.26. The highest BCUT2D eigenvalue weighted by Crippen LogP contribution is 2.31. The average molecular weight is 293 g/mol. The second-order valence-electron chi connectivity index (χ2n) is 5.37. The standard InChI is InChI=1S/C16H23NO4/c1-17(11-7-4-5-8-12(11)18)16(19)15-13(20-2)9-6-10-14(15)21-3/h6,9-12,18H,4-5,7-8H2,1-3H3/t11-,12-/m1/s1. The fourth-order valence-corrected chi connectivity index (χ4v) is 2.93. The van der Waals surface area contributed by atoms with Crippen LogP contribution in [-0.4, -0.2) is 49.3 Å². The van der Waals surface area contributed by atoms with E-state index in [1.165, 1.54) is 14.2 Å². The summed E-state index contributed by atoms with van der Waals surface area (Å²) in [6.07, 6.45) is 3.14. The number of rotatable bonds is 4. The van der Waals surface area contributed by atoms with E-state index in [0.717, 1.165) is 25.7 Å². The molecule has 1 aliphatic carbocycles. The van der Waals surface area contributed by atoms with Crippen molar-refractivity contribution in [2.75, 3.05) is 21.3 Å². The smallest absolute Gasteiger partial charge is 0.261 e. The van der Waals surface area contributed by atoms with Gasteiger partial charge < -0.3 is 19.5 Å². The monoisotopic (exact) mass is 293 g/mol. The van der Waals surface area contributed by atoms with E-state index in [-0.39, 0.29) is 11.9 Å². The lowest BCUT2D eigenvalue weighted by atomic mass is 9.91. The number of benzene rings is 1. The van der Waals surface area contributed by atoms with Gasteiger partial charge >= 0.3 is 0 Å². The SMILES string of the molecule is COc1cccc(OC)c1C(=O)N(C)[C@@H]1CCCC[C@H]1O. The van der Waals surface area contributed by atoms with E-state index in [2.05, 4.69) is 0 Å². The number of hydrogen-bond acceptors (Lipinski definition) is 4. The summed E-state index contributed by atoms with van der Waals surface area (Å²) in [6.45, 7) is 0. The Kier molecular flexibility index (Phi) is 5.07. The fourth-order valence-electron chi connectivity index (χ4n) is 2.93. The molecular weight excluding hydrogens is 270 g/mol. The van der Waals surface area contributed by atoms with E-state index >= 15 is 0 Å². The van der Waals surface area contributed by atoms with Gasteiger partial charge in [-0.1, -0.05) is 18.9 Å². The molecule has 1 N–H and O–H groups in total. The van der Waals surface area contributed by atoms with Gasteiger partial charge in [0, 0.05) is 7.05 Å². The lowest BCUT2D eigenvalue weighted by molar-refractivity contribution is 0.0264. The molecule has 0 aliphatic heterocycles. The van der Waals surface area contributed by atoms with Crippen LogP contribution in [0.1, 0.15) is 36.0 Å². The maximum Gasteiger partial charge on any atom is 0.261 e. The van der Waals surface area contributed by atoms with Crippen LogP contribution in [0.15, 0.2) is 18.2 Å². The molecule has 1 amide bonds. The van der Waals surface area contributed by atoms with Crippen LogP contribution in [0.4, 0.5) is 0 Å². The van der Waals surface area contributed by atoms with E-state index in [1.54, 1.807) is 30.1 Å². The highest BCUT2D eigenvalue weighted by Gasteiger charge is 2.32. The topological polar surface area (TPSA) is 59.0 Å². The molecular formula is C16H23NO4. The van der Waals surface area contributed by atoms with E-state index in [9.17, 15) is 9.90 Å². The first-order chi connectivity index (χ1) is 10.1. The highest BCUT2D eigenvalue weighted by atomic mass is 16.5. The summed E-state index contributed by atoms with van der Waals surface area (Å²) in [5, 5.41) is 10.1. The third-order valence-corrected chi connectivity index (χ3v) is 4.15. The number of aliphatic hydroxyl groups is 1. The molecule has 0 aromatic heterocycles. The maximum atomic E-state index is 12.8. The van der Waals surface area contributed by atoms with Crippen LogP contribution in [0.5, 0.6) is 11.5 Å². The Morgan fingerprint density at radius 3 is 2.29 bits per heavy atom. The van der Waals surface area contributed by atoms with E-state index < -0.39 is 6.10 Å². The molecule has 1 aromatic rings. The average Bonchev–Trinajstić information content (AvgIpc) is 2.53. The minimum atomic E-state index is -0.464. The van der Waals surface area contributed by atoms with Crippen molar-refractivity contribution < 1.29 is 19.4 Å². The Balaban J connectivity index is 2.30. The first kappa shape index (κ1) is 15.6. The third kappa shape index (κ3) is 3.13. The molecule has 2 rings (SSSR count). The van der Waals surface area contributed by atoms with Gasteiger partial charge in [0.15, 0.2) is 0 Å². The molecule has 1 aromatic carbocycles. The Morgan fingerprint density at radius 1 is 1.19 bits per heavy atom. The Labute approximate surface area is 125 Å². The summed E-state index contributed by atoms with van der Waals surface area (Å²) in [6, 6.07) is 5.10. The van der Waals surface area contributed by atoms with Crippen molar-refractivity contribution >= 4 is 5.91 Å². The van der Waals surface area contributed by atoms with Crippen LogP contribution >= 0.6 is 0 Å². The molecule has 1 fully saturated rings. The molecule has 0 unspecified atom stereocenters. The van der Waals surface area contributed by atoms with Gasteiger partial charge in [-0.15, -0.1) is 0 Å². The van der Waals surface area contributed by atoms with Crippen LogP contribution in [0, 0.1) is 0 Å². The lowest BCUT2D eigenvalue weighted by Gasteiger charge is -2.35. The van der Waals surface area contributed by atoms with E-state index in [0.29, 0.717) is 17.1 Å². The van der Waals surface area contributed by atoms with Crippen molar-refractivity contribution in [2.24, 2.45) is 0 Å². The quantitative estimate of drug-likeness (QED) is 0.923. The predicted molar refractivity (Wildman–Crippen MR) is 79.9 cm³/mol. The number of hydrogen-bond donors (Lipinski definition) is 1. The molecule has 0 spiro atoms. The zero-order valence-electron chi connectivity index (χ0n) is 12.8. The van der Waals surface area contributed by atoms with E-state index in [1.807, 2.05) is 0 Å². The molecule has 1 aliphatic rings. The number of carbonyl (C=O) groups is 1. The van der Waals surface area contributed by atoms with Crippen molar-refractivity contribution in [2.45, 2.75) is 37.8 Å². The van der Waals surface area contributed by atoms with Gasteiger partial charge in [0.25, 0.3) is 5.91 Å². The molecule has 5 heteroatoms. The highest BCUT2D eigenvalue weighted by molar-refractivity contribution is 5.99. The van der Waals surface area contributed by atoms with Gasteiger partial charge in [-0.25, -0.2) is 0 Å². The summed E-state index contributed by atoms with van der Waals surface area (Å²) in [4.78, 5) is 14.4. The summed E-state index contributed by atoms with van der Waals surface area (Å²) in [7, 11) is 4.79. The predicted octanol–water partition coefficient (Wildman–Crippen LogP) is 2.08. The second-order valence-corrected chi connectivity index (χ2v) is 5.37. The minimum Gasteiger partial charge on any atom is -0.496 e. The first-order valence-electron chi connectivity index (χ1n) is 7.26. The van der Waals surface area contributed by atoms with Gasteiger partial charge in [-0.05, 0) is 25.0 Å². The number of carbonyl (C=O) groups excluding carboxylic acids is 1. The van der Waals surface area contributed by atoms with E-state index in [4.69, 9.17) is 9.47 Å². The van der Waals surface area contributed by atoms with Crippen molar-refractivity contribution in [3.63, 3.8) is 0 Å². The number of nitrogens with zero attached hydrogens (tertiary/aromatic N) is 1. The van der Waals surface area contributed by atoms with Crippen LogP contribution in [0.2, 0.25) is 0 Å². The van der Waals surface area contributed by atoms with Crippen LogP contribution in [-0.2, 0) is 0 Å². The lowest BCUT2D eigenvalue weighted by Crippen LogP contribution is -2.46. The Hall–Kier alpha value is -1.75. The van der Waals surface area contributed by atoms with Gasteiger partial charge in [-0.2, -0.15) is 0 Å². The Morgan fingerprint density at radius 2 is 1.76 bits per heavy atom. The summed E-state index contributed by atoms with van der Waals surface area (Å²) < 4.78 is 10.6. The number of methoxy groups -OCH3 is 2. The molecule has 0 heterocycles. The summed E-state index contributed by atoms with van der Waals surface area (Å²) in [5.74, 6) is 0.781. The summed E-state index contributed by atoms with van der Waals surface area (Å²) >= 11 is 0. The fraction of sp³-hybridized carbons (Fsp3) is 0.562. The van der Waals surface area contributed by atoms with Crippen LogP contribution < -0.4 is 9.47 Å². The van der Waals surface area contributed by atoms with Gasteiger partial charge in [0.2, 0.25) is 0 Å². The number of amides is 1. The molecule has 0 radical (unpaired) electrons. The maximum absolute atomic E-state index is 12.8. The summed E-state index contributed by atoms with van der Waals surface area (Å²) in [5.41, 5.74) is 0.405. The third-order valence-electron chi connectivity index (χ3n) is 4.15. The largest absolute Gasteiger partial charge is 0.496 e. The molecule has 116 valence electrons.